The molecule has 5 heteroatoms. The van der Waals surface area contributed by atoms with Gasteiger partial charge in [0.05, 0.1) is 12.3 Å². The van der Waals surface area contributed by atoms with Crippen molar-refractivity contribution >= 4 is 17.4 Å². The van der Waals surface area contributed by atoms with Crippen LogP contribution in [0.25, 0.3) is 0 Å². The second-order valence-corrected chi connectivity index (χ2v) is 4.41. The number of ether oxygens (including phenoxy) is 1. The Kier molecular flexibility index (Phi) is 5.17. The summed E-state index contributed by atoms with van der Waals surface area (Å²) in [5.41, 5.74) is 7.89. The highest BCUT2D eigenvalue weighted by atomic mass is 16.5. The molecule has 0 aliphatic carbocycles. The molecule has 0 aliphatic heterocycles. The molecule has 0 spiro atoms. The fourth-order valence-electron chi connectivity index (χ4n) is 1.86. The van der Waals surface area contributed by atoms with Crippen LogP contribution in [0.4, 0.5) is 16.2 Å². The van der Waals surface area contributed by atoms with Gasteiger partial charge in [0, 0.05) is 12.2 Å². The lowest BCUT2D eigenvalue weighted by molar-refractivity contribution is 0.262. The van der Waals surface area contributed by atoms with Crippen LogP contribution in [-0.2, 0) is 6.54 Å². The summed E-state index contributed by atoms with van der Waals surface area (Å²) in [5, 5.41) is 5.54. The zero-order valence-corrected chi connectivity index (χ0v) is 11.9. The highest BCUT2D eigenvalue weighted by molar-refractivity contribution is 6.00. The van der Waals surface area contributed by atoms with Gasteiger partial charge in [0.15, 0.2) is 0 Å². The summed E-state index contributed by atoms with van der Waals surface area (Å²) < 4.78 is 5.46. The second-order valence-electron chi connectivity index (χ2n) is 4.41. The van der Waals surface area contributed by atoms with Crippen molar-refractivity contribution in [1.29, 1.82) is 0 Å². The number of urea groups is 1. The molecule has 0 saturated carbocycles. The third-order valence-corrected chi connectivity index (χ3v) is 2.88. The van der Waals surface area contributed by atoms with Crippen molar-refractivity contribution in [3.05, 3.63) is 54.1 Å². The van der Waals surface area contributed by atoms with E-state index in [0.29, 0.717) is 30.3 Å². The van der Waals surface area contributed by atoms with E-state index in [9.17, 15) is 4.79 Å². The number of benzene rings is 2. The molecule has 0 unspecified atom stereocenters. The number of carbonyl (C=O) groups excluding carboxylic acids is 1. The van der Waals surface area contributed by atoms with Gasteiger partial charge in [0.1, 0.15) is 5.75 Å². The Bertz CT molecular complexity index is 597. The monoisotopic (exact) mass is 285 g/mol. The largest absolute Gasteiger partial charge is 0.492 e. The highest BCUT2D eigenvalue weighted by Gasteiger charge is 2.07. The maximum atomic E-state index is 12.0. The SMILES string of the molecule is CCOc1ccccc1NC(=O)Nc1ccc(CN)cc1. The standard InChI is InChI=1S/C16H19N3O2/c1-2-21-15-6-4-3-5-14(15)19-16(20)18-13-9-7-12(11-17)8-10-13/h3-10H,2,11,17H2,1H3,(H2,18,19,20). The molecule has 0 aliphatic rings. The topological polar surface area (TPSA) is 76.4 Å². The number of carbonyl (C=O) groups is 1. The van der Waals surface area contributed by atoms with Crippen LogP contribution in [0.15, 0.2) is 48.5 Å². The van der Waals surface area contributed by atoms with Gasteiger partial charge in [-0.2, -0.15) is 0 Å². The second kappa shape index (κ2) is 7.31. The molecule has 21 heavy (non-hydrogen) atoms. The van der Waals surface area contributed by atoms with Gasteiger partial charge in [0.2, 0.25) is 0 Å². The van der Waals surface area contributed by atoms with Crippen molar-refractivity contribution in [2.45, 2.75) is 13.5 Å². The Labute approximate surface area is 124 Å². The van der Waals surface area contributed by atoms with Crippen molar-refractivity contribution < 1.29 is 9.53 Å². The van der Waals surface area contributed by atoms with Gasteiger partial charge < -0.3 is 21.1 Å². The van der Waals surface area contributed by atoms with Gasteiger partial charge in [-0.3, -0.25) is 0 Å². The first-order valence-electron chi connectivity index (χ1n) is 6.81. The van der Waals surface area contributed by atoms with Crippen molar-refractivity contribution in [2.75, 3.05) is 17.2 Å². The predicted molar refractivity (Wildman–Crippen MR) is 84.6 cm³/mol. The van der Waals surface area contributed by atoms with E-state index in [1.165, 1.54) is 0 Å². The quantitative estimate of drug-likeness (QED) is 0.789. The number of amides is 2. The van der Waals surface area contributed by atoms with Crippen molar-refractivity contribution in [3.8, 4) is 5.75 Å². The van der Waals surface area contributed by atoms with Crippen molar-refractivity contribution in [2.24, 2.45) is 5.73 Å². The summed E-state index contributed by atoms with van der Waals surface area (Å²) in [5.74, 6) is 0.647. The van der Waals surface area contributed by atoms with E-state index in [4.69, 9.17) is 10.5 Å². The maximum Gasteiger partial charge on any atom is 0.323 e. The molecule has 5 nitrogen and oxygen atoms in total. The zero-order chi connectivity index (χ0) is 15.1. The predicted octanol–water partition coefficient (Wildman–Crippen LogP) is 3.19. The normalized spacial score (nSPS) is 10.0. The molecule has 2 rings (SSSR count). The number of para-hydroxylation sites is 2. The molecule has 4 N–H and O–H groups in total. The average molecular weight is 285 g/mol. The molecule has 0 atom stereocenters. The van der Waals surface area contributed by atoms with Crippen molar-refractivity contribution in [1.82, 2.24) is 0 Å². The molecule has 0 aromatic heterocycles. The van der Waals surface area contributed by atoms with E-state index in [0.717, 1.165) is 5.56 Å². The zero-order valence-electron chi connectivity index (χ0n) is 11.9. The minimum Gasteiger partial charge on any atom is -0.492 e. The van der Waals surface area contributed by atoms with Crippen LogP contribution < -0.4 is 21.1 Å². The maximum absolute atomic E-state index is 12.0. The lowest BCUT2D eigenvalue weighted by Crippen LogP contribution is -2.19. The molecule has 0 fully saturated rings. The molecule has 110 valence electrons. The van der Waals surface area contributed by atoms with Gasteiger partial charge >= 0.3 is 6.03 Å². The molecule has 2 amide bonds. The van der Waals surface area contributed by atoms with Gasteiger partial charge in [-0.15, -0.1) is 0 Å². The lowest BCUT2D eigenvalue weighted by atomic mass is 10.2. The number of anilines is 2. The summed E-state index contributed by atoms with van der Waals surface area (Å²) >= 11 is 0. The van der Waals surface area contributed by atoms with E-state index in [1.54, 1.807) is 6.07 Å². The smallest absolute Gasteiger partial charge is 0.323 e. The fraction of sp³-hybridized carbons (Fsp3) is 0.188. The Morgan fingerprint density at radius 3 is 2.48 bits per heavy atom. The Morgan fingerprint density at radius 1 is 1.10 bits per heavy atom. The van der Waals surface area contributed by atoms with Crippen LogP contribution in [0.5, 0.6) is 5.75 Å². The summed E-state index contributed by atoms with van der Waals surface area (Å²) in [7, 11) is 0. The summed E-state index contributed by atoms with van der Waals surface area (Å²) in [4.78, 5) is 12.0. The van der Waals surface area contributed by atoms with Crippen molar-refractivity contribution in [3.63, 3.8) is 0 Å². The third-order valence-electron chi connectivity index (χ3n) is 2.88. The first-order valence-corrected chi connectivity index (χ1v) is 6.81. The van der Waals surface area contributed by atoms with Gasteiger partial charge in [0.25, 0.3) is 0 Å². The third kappa shape index (κ3) is 4.22. The summed E-state index contributed by atoms with van der Waals surface area (Å²) in [6, 6.07) is 14.4. The molecular weight excluding hydrogens is 266 g/mol. The van der Waals surface area contributed by atoms with Crippen LogP contribution in [0.2, 0.25) is 0 Å². The minimum atomic E-state index is -0.317. The van der Waals surface area contributed by atoms with Crippen LogP contribution in [0.3, 0.4) is 0 Å². The number of hydrogen-bond donors (Lipinski definition) is 3. The first kappa shape index (κ1) is 14.9. The molecule has 0 saturated heterocycles. The molecule has 2 aromatic carbocycles. The van der Waals surface area contributed by atoms with Gasteiger partial charge in [-0.1, -0.05) is 24.3 Å². The van der Waals surface area contributed by atoms with E-state index >= 15 is 0 Å². The molecular formula is C16H19N3O2. The Balaban J connectivity index is 2.01. The molecule has 0 bridgehead atoms. The number of rotatable bonds is 5. The molecule has 2 aromatic rings. The van der Waals surface area contributed by atoms with Gasteiger partial charge in [-0.05, 0) is 36.8 Å². The first-order chi connectivity index (χ1) is 10.2. The Morgan fingerprint density at radius 2 is 1.81 bits per heavy atom. The minimum absolute atomic E-state index is 0.317. The van der Waals surface area contributed by atoms with Crippen LogP contribution in [0.1, 0.15) is 12.5 Å². The number of nitrogens with two attached hydrogens (primary N) is 1. The van der Waals surface area contributed by atoms with E-state index in [1.807, 2.05) is 49.4 Å². The molecule has 0 heterocycles. The number of hydrogen-bond acceptors (Lipinski definition) is 3. The van der Waals surface area contributed by atoms with Gasteiger partial charge in [-0.25, -0.2) is 4.79 Å². The van der Waals surface area contributed by atoms with E-state index < -0.39 is 0 Å². The summed E-state index contributed by atoms with van der Waals surface area (Å²) in [6.45, 7) is 2.92. The van der Waals surface area contributed by atoms with E-state index in [2.05, 4.69) is 10.6 Å². The Hall–Kier alpha value is -2.53. The number of nitrogens with one attached hydrogen (secondary N) is 2. The van der Waals surface area contributed by atoms with E-state index in [-0.39, 0.29) is 6.03 Å². The van der Waals surface area contributed by atoms with Crippen LogP contribution in [0, 0.1) is 0 Å². The average Bonchev–Trinajstić information content (AvgIpc) is 2.50. The summed E-state index contributed by atoms with van der Waals surface area (Å²) in [6.07, 6.45) is 0. The molecule has 0 radical (unpaired) electrons. The van der Waals surface area contributed by atoms with Crippen LogP contribution in [-0.4, -0.2) is 12.6 Å². The van der Waals surface area contributed by atoms with Crippen LogP contribution >= 0.6 is 0 Å². The fourth-order valence-corrected chi connectivity index (χ4v) is 1.86. The highest BCUT2D eigenvalue weighted by Crippen LogP contribution is 2.23. The lowest BCUT2D eigenvalue weighted by Gasteiger charge is -2.12.